The summed E-state index contributed by atoms with van der Waals surface area (Å²) in [5.74, 6) is 0.467. The summed E-state index contributed by atoms with van der Waals surface area (Å²) in [6.07, 6.45) is 7.23. The lowest BCUT2D eigenvalue weighted by Gasteiger charge is -2.27. The maximum atomic E-state index is 6.25. The second-order valence-corrected chi connectivity index (χ2v) is 6.05. The van der Waals surface area contributed by atoms with Crippen LogP contribution in [-0.2, 0) is 16.1 Å². The molecule has 0 spiro atoms. The lowest BCUT2D eigenvalue weighted by atomic mass is 9.81. The van der Waals surface area contributed by atoms with Crippen molar-refractivity contribution in [2.75, 3.05) is 0 Å². The zero-order chi connectivity index (χ0) is 13.5. The smallest absolute Gasteiger partial charge is 0.111 e. The Morgan fingerprint density at radius 2 is 2.26 bits per heavy atom. The maximum absolute atomic E-state index is 6.25. The Morgan fingerprint density at radius 1 is 1.42 bits per heavy atom. The van der Waals surface area contributed by atoms with Crippen LogP contribution in [0.2, 0.25) is 0 Å². The molecule has 0 amide bonds. The molecule has 1 fully saturated rings. The third-order valence-corrected chi connectivity index (χ3v) is 4.39. The predicted molar refractivity (Wildman–Crippen MR) is 73.6 cm³/mol. The average Bonchev–Trinajstić information content (AvgIpc) is 2.90. The fraction of sp³-hybridized carbons (Fsp3) is 0.562. The lowest BCUT2D eigenvalue weighted by molar-refractivity contribution is -0.0823. The quantitative estimate of drug-likeness (QED) is 0.779. The van der Waals surface area contributed by atoms with Crippen molar-refractivity contribution in [3.05, 3.63) is 42.2 Å². The minimum absolute atomic E-state index is 0.113. The fourth-order valence-corrected chi connectivity index (χ4v) is 3.00. The molecule has 3 rings (SSSR count). The Hall–Kier alpha value is -1.19. The SMILES string of the molecule is CC(C)C12C=CC(C)(O1)C(OCc1ccccn1)C2. The number of hydrogen-bond donors (Lipinski definition) is 0. The molecule has 3 unspecified atom stereocenters. The highest BCUT2D eigenvalue weighted by atomic mass is 16.6. The van der Waals surface area contributed by atoms with E-state index in [0.717, 1.165) is 12.1 Å². The number of fused-ring (bicyclic) bond motifs is 2. The van der Waals surface area contributed by atoms with Gasteiger partial charge in [-0.25, -0.2) is 0 Å². The number of aromatic nitrogens is 1. The monoisotopic (exact) mass is 259 g/mol. The van der Waals surface area contributed by atoms with Crippen molar-refractivity contribution in [2.45, 2.75) is 51.1 Å². The summed E-state index contributed by atoms with van der Waals surface area (Å²) in [6, 6.07) is 5.90. The summed E-state index contributed by atoms with van der Waals surface area (Å²) < 4.78 is 12.3. The van der Waals surface area contributed by atoms with Crippen LogP contribution in [-0.4, -0.2) is 22.3 Å². The van der Waals surface area contributed by atoms with Crippen LogP contribution in [0.3, 0.4) is 0 Å². The molecule has 2 aliphatic heterocycles. The van der Waals surface area contributed by atoms with Crippen molar-refractivity contribution in [1.29, 1.82) is 0 Å². The summed E-state index contributed by atoms with van der Waals surface area (Å²) in [4.78, 5) is 4.29. The highest BCUT2D eigenvalue weighted by Crippen LogP contribution is 2.50. The number of ether oxygens (including phenoxy) is 2. The van der Waals surface area contributed by atoms with E-state index in [1.165, 1.54) is 0 Å². The molecular weight excluding hydrogens is 238 g/mol. The van der Waals surface area contributed by atoms with Crippen LogP contribution in [0, 0.1) is 5.92 Å². The molecule has 0 N–H and O–H groups in total. The van der Waals surface area contributed by atoms with Crippen molar-refractivity contribution < 1.29 is 9.47 Å². The van der Waals surface area contributed by atoms with Gasteiger partial charge in [0.15, 0.2) is 0 Å². The second-order valence-electron chi connectivity index (χ2n) is 6.05. The van der Waals surface area contributed by atoms with E-state index in [1.807, 2.05) is 18.2 Å². The van der Waals surface area contributed by atoms with Crippen molar-refractivity contribution in [2.24, 2.45) is 5.92 Å². The van der Waals surface area contributed by atoms with Crippen LogP contribution in [0.5, 0.6) is 0 Å². The van der Waals surface area contributed by atoms with E-state index in [-0.39, 0.29) is 17.3 Å². The summed E-state index contributed by atoms with van der Waals surface area (Å²) in [7, 11) is 0. The molecular formula is C16H21NO2. The molecule has 3 heterocycles. The van der Waals surface area contributed by atoms with Crippen molar-refractivity contribution in [1.82, 2.24) is 4.98 Å². The van der Waals surface area contributed by atoms with Gasteiger partial charge in [-0.05, 0) is 25.0 Å². The van der Waals surface area contributed by atoms with Crippen molar-refractivity contribution >= 4 is 0 Å². The highest BCUT2D eigenvalue weighted by molar-refractivity contribution is 5.27. The van der Waals surface area contributed by atoms with Crippen molar-refractivity contribution in [3.8, 4) is 0 Å². The number of pyridine rings is 1. The largest absolute Gasteiger partial charge is 0.368 e. The van der Waals surface area contributed by atoms with E-state index in [1.54, 1.807) is 6.20 Å². The minimum Gasteiger partial charge on any atom is -0.368 e. The molecule has 2 aliphatic rings. The van der Waals surface area contributed by atoms with Gasteiger partial charge in [0.05, 0.1) is 24.0 Å². The van der Waals surface area contributed by atoms with E-state index < -0.39 is 0 Å². The minimum atomic E-state index is -0.279. The first-order valence-electron chi connectivity index (χ1n) is 6.96. The zero-order valence-electron chi connectivity index (χ0n) is 11.8. The summed E-state index contributed by atoms with van der Waals surface area (Å²) in [5, 5.41) is 0. The van der Waals surface area contributed by atoms with Gasteiger partial charge in [0.25, 0.3) is 0 Å². The number of rotatable bonds is 4. The Bertz CT molecular complexity index is 485. The molecule has 19 heavy (non-hydrogen) atoms. The van der Waals surface area contributed by atoms with Crippen LogP contribution in [0.4, 0.5) is 0 Å². The summed E-state index contributed by atoms with van der Waals surface area (Å²) in [5.41, 5.74) is 0.555. The molecule has 0 aromatic carbocycles. The second kappa shape index (κ2) is 4.43. The zero-order valence-corrected chi connectivity index (χ0v) is 11.8. The molecule has 3 heteroatoms. The molecule has 3 nitrogen and oxygen atoms in total. The number of hydrogen-bond acceptors (Lipinski definition) is 3. The first-order valence-corrected chi connectivity index (χ1v) is 6.96. The van der Waals surface area contributed by atoms with E-state index >= 15 is 0 Å². The maximum Gasteiger partial charge on any atom is 0.111 e. The summed E-state index contributed by atoms with van der Waals surface area (Å²) in [6.45, 7) is 7.07. The van der Waals surface area contributed by atoms with Gasteiger partial charge in [-0.1, -0.05) is 32.1 Å². The van der Waals surface area contributed by atoms with Gasteiger partial charge in [0.2, 0.25) is 0 Å². The molecule has 102 valence electrons. The van der Waals surface area contributed by atoms with Gasteiger partial charge in [0.1, 0.15) is 5.60 Å². The molecule has 1 aromatic heterocycles. The average molecular weight is 259 g/mol. The molecule has 2 bridgehead atoms. The van der Waals surface area contributed by atoms with E-state index in [0.29, 0.717) is 12.5 Å². The highest BCUT2D eigenvalue weighted by Gasteiger charge is 2.57. The van der Waals surface area contributed by atoms with Gasteiger partial charge < -0.3 is 9.47 Å². The Kier molecular flexibility index (Phi) is 2.99. The molecule has 0 saturated carbocycles. The molecule has 0 aliphatic carbocycles. The third-order valence-electron chi connectivity index (χ3n) is 4.39. The van der Waals surface area contributed by atoms with Gasteiger partial charge in [-0.2, -0.15) is 0 Å². The van der Waals surface area contributed by atoms with E-state index in [2.05, 4.69) is 37.9 Å². The summed E-state index contributed by atoms with van der Waals surface area (Å²) >= 11 is 0. The van der Waals surface area contributed by atoms with Gasteiger partial charge in [0, 0.05) is 12.6 Å². The van der Waals surface area contributed by atoms with Crippen LogP contribution < -0.4 is 0 Å². The van der Waals surface area contributed by atoms with Crippen molar-refractivity contribution in [3.63, 3.8) is 0 Å². The van der Waals surface area contributed by atoms with Gasteiger partial charge in [-0.15, -0.1) is 0 Å². The van der Waals surface area contributed by atoms with Crippen LogP contribution in [0.15, 0.2) is 36.5 Å². The standard InChI is InChI=1S/C16H21NO2/c1-12(2)16-8-7-15(3,19-16)14(10-16)18-11-13-6-4-5-9-17-13/h4-9,12,14H,10-11H2,1-3H3. The molecule has 1 saturated heterocycles. The van der Waals surface area contributed by atoms with Gasteiger partial charge in [-0.3, -0.25) is 4.98 Å². The predicted octanol–water partition coefficient (Wildman–Crippen LogP) is 3.11. The topological polar surface area (TPSA) is 31.4 Å². The third kappa shape index (κ3) is 2.11. The van der Waals surface area contributed by atoms with Gasteiger partial charge >= 0.3 is 0 Å². The molecule has 1 aromatic rings. The van der Waals surface area contributed by atoms with Crippen LogP contribution >= 0.6 is 0 Å². The van der Waals surface area contributed by atoms with E-state index in [9.17, 15) is 0 Å². The normalized spacial score (nSPS) is 36.3. The number of nitrogens with zero attached hydrogens (tertiary/aromatic N) is 1. The fourth-order valence-electron chi connectivity index (χ4n) is 3.00. The van der Waals surface area contributed by atoms with Crippen LogP contribution in [0.25, 0.3) is 0 Å². The van der Waals surface area contributed by atoms with E-state index in [4.69, 9.17) is 9.47 Å². The molecule has 3 atom stereocenters. The Labute approximate surface area is 114 Å². The first kappa shape index (κ1) is 12.8. The Morgan fingerprint density at radius 3 is 2.89 bits per heavy atom. The lowest BCUT2D eigenvalue weighted by Crippen LogP contribution is -2.35. The van der Waals surface area contributed by atoms with Crippen LogP contribution in [0.1, 0.15) is 32.9 Å². The first-order chi connectivity index (χ1) is 9.04. The Balaban J connectivity index is 1.69. The molecule has 0 radical (unpaired) electrons.